The molecule has 7 nitrogen and oxygen atoms in total. The number of nitrogens with one attached hydrogen (secondary N) is 1. The van der Waals surface area contributed by atoms with Gasteiger partial charge in [0.15, 0.2) is 11.5 Å². The van der Waals surface area contributed by atoms with Crippen molar-refractivity contribution in [3.05, 3.63) is 59.7 Å². The first-order valence-corrected chi connectivity index (χ1v) is 9.67. The zero-order valence-electron chi connectivity index (χ0n) is 17.6. The largest absolute Gasteiger partial charge is 0.493 e. The van der Waals surface area contributed by atoms with Gasteiger partial charge in [-0.2, -0.15) is 0 Å². The molecule has 162 valence electrons. The van der Waals surface area contributed by atoms with Crippen molar-refractivity contribution in [2.24, 2.45) is 0 Å². The summed E-state index contributed by atoms with van der Waals surface area (Å²) in [4.78, 5) is 10.7. The van der Waals surface area contributed by atoms with Gasteiger partial charge in [-0.3, -0.25) is 0 Å². The number of allylic oxidation sites excluding steroid dienone is 1. The third kappa shape index (κ3) is 7.42. The van der Waals surface area contributed by atoms with Crippen molar-refractivity contribution in [3.63, 3.8) is 0 Å². The summed E-state index contributed by atoms with van der Waals surface area (Å²) in [7, 11) is 3.21. The Bertz CT molecular complexity index is 847. The molecule has 2 rings (SSSR count). The lowest BCUT2D eigenvalue weighted by Crippen LogP contribution is -2.32. The van der Waals surface area contributed by atoms with Crippen LogP contribution in [0.2, 0.25) is 0 Å². The van der Waals surface area contributed by atoms with Crippen LogP contribution in [0.4, 0.5) is 0 Å². The molecular weight excluding hydrogens is 386 g/mol. The fraction of sp³-hybridized carbons (Fsp3) is 0.348. The second-order valence-corrected chi connectivity index (χ2v) is 6.80. The Hall–Kier alpha value is -3.03. The quantitative estimate of drug-likeness (QED) is 0.362. The number of carboxylic acid groups (broad SMARTS) is 1. The maximum Gasteiger partial charge on any atom is 0.328 e. The van der Waals surface area contributed by atoms with Gasteiger partial charge in [0.1, 0.15) is 18.5 Å². The van der Waals surface area contributed by atoms with Crippen LogP contribution >= 0.6 is 0 Å². The highest BCUT2D eigenvalue weighted by atomic mass is 16.5. The standard InChI is InChI=1S/C23H29NO6/c1-16(12-23(26)27)18-5-7-20(8-6-18)30-15-19(25)14-24-11-10-17-4-9-21(28-2)22(13-17)29-3/h4-9,12-13,19,24-25H,10-11,14-15H2,1-3H3,(H,26,27)/b16-12-. The maximum absolute atomic E-state index is 10.7. The fourth-order valence-corrected chi connectivity index (χ4v) is 2.87. The molecule has 0 aliphatic heterocycles. The smallest absolute Gasteiger partial charge is 0.328 e. The van der Waals surface area contributed by atoms with Crippen molar-refractivity contribution in [1.82, 2.24) is 5.32 Å². The molecule has 1 unspecified atom stereocenters. The first-order valence-electron chi connectivity index (χ1n) is 9.67. The van der Waals surface area contributed by atoms with Gasteiger partial charge in [0.25, 0.3) is 0 Å². The summed E-state index contributed by atoms with van der Waals surface area (Å²) in [6, 6.07) is 12.9. The van der Waals surface area contributed by atoms with Gasteiger partial charge in [-0.05, 0) is 60.9 Å². The minimum absolute atomic E-state index is 0.159. The second-order valence-electron chi connectivity index (χ2n) is 6.80. The average molecular weight is 415 g/mol. The van der Waals surface area contributed by atoms with E-state index in [9.17, 15) is 9.90 Å². The Morgan fingerprint density at radius 3 is 2.43 bits per heavy atom. The van der Waals surface area contributed by atoms with Crippen molar-refractivity contribution >= 4 is 11.5 Å². The van der Waals surface area contributed by atoms with E-state index in [1.807, 2.05) is 18.2 Å². The van der Waals surface area contributed by atoms with Crippen LogP contribution in [0.3, 0.4) is 0 Å². The number of carbonyl (C=O) groups is 1. The van der Waals surface area contributed by atoms with E-state index >= 15 is 0 Å². The summed E-state index contributed by atoms with van der Waals surface area (Å²) >= 11 is 0. The van der Waals surface area contributed by atoms with E-state index in [2.05, 4.69) is 5.32 Å². The maximum atomic E-state index is 10.7. The van der Waals surface area contributed by atoms with Crippen LogP contribution in [0, 0.1) is 0 Å². The molecule has 0 heterocycles. The van der Waals surface area contributed by atoms with E-state index in [0.29, 0.717) is 35.9 Å². The van der Waals surface area contributed by atoms with E-state index in [0.717, 1.165) is 23.6 Å². The van der Waals surface area contributed by atoms with E-state index in [4.69, 9.17) is 19.3 Å². The molecule has 0 saturated heterocycles. The SMILES string of the molecule is COc1ccc(CCNCC(O)COc2ccc(/C(C)=C\C(=O)O)cc2)cc1OC. The summed E-state index contributed by atoms with van der Waals surface area (Å²) in [5.41, 5.74) is 2.58. The van der Waals surface area contributed by atoms with Crippen molar-refractivity contribution in [1.29, 1.82) is 0 Å². The summed E-state index contributed by atoms with van der Waals surface area (Å²) in [5.74, 6) is 1.03. The zero-order chi connectivity index (χ0) is 21.9. The van der Waals surface area contributed by atoms with Crippen LogP contribution in [0.5, 0.6) is 17.2 Å². The van der Waals surface area contributed by atoms with Gasteiger partial charge in [-0.25, -0.2) is 4.79 Å². The molecule has 0 saturated carbocycles. The fourth-order valence-electron chi connectivity index (χ4n) is 2.87. The third-order valence-corrected chi connectivity index (χ3v) is 4.51. The zero-order valence-corrected chi connectivity index (χ0v) is 17.6. The predicted molar refractivity (Wildman–Crippen MR) is 115 cm³/mol. The highest BCUT2D eigenvalue weighted by Gasteiger charge is 2.07. The monoisotopic (exact) mass is 415 g/mol. The summed E-state index contributed by atoms with van der Waals surface area (Å²) in [6.45, 7) is 3.01. The Morgan fingerprint density at radius 2 is 1.80 bits per heavy atom. The van der Waals surface area contributed by atoms with Crippen molar-refractivity contribution in [2.45, 2.75) is 19.4 Å². The van der Waals surface area contributed by atoms with Crippen molar-refractivity contribution in [2.75, 3.05) is 33.9 Å². The van der Waals surface area contributed by atoms with Crippen molar-refractivity contribution < 1.29 is 29.2 Å². The Morgan fingerprint density at radius 1 is 1.10 bits per heavy atom. The molecule has 0 fully saturated rings. The molecular formula is C23H29NO6. The Balaban J connectivity index is 1.71. The lowest BCUT2D eigenvalue weighted by molar-refractivity contribution is -0.131. The third-order valence-electron chi connectivity index (χ3n) is 4.51. The molecule has 30 heavy (non-hydrogen) atoms. The molecule has 2 aromatic rings. The van der Waals surface area contributed by atoms with Crippen LogP contribution in [-0.2, 0) is 11.2 Å². The molecule has 2 aromatic carbocycles. The number of hydrogen-bond acceptors (Lipinski definition) is 6. The number of aliphatic hydroxyl groups excluding tert-OH is 1. The van der Waals surface area contributed by atoms with E-state index in [1.165, 1.54) is 0 Å². The van der Waals surface area contributed by atoms with Gasteiger partial charge in [0, 0.05) is 12.6 Å². The molecule has 0 bridgehead atoms. The van der Waals surface area contributed by atoms with E-state index < -0.39 is 12.1 Å². The highest BCUT2D eigenvalue weighted by Crippen LogP contribution is 2.27. The Kier molecular flexibility index (Phi) is 9.18. The van der Waals surface area contributed by atoms with E-state index in [1.54, 1.807) is 45.4 Å². The topological polar surface area (TPSA) is 97.2 Å². The summed E-state index contributed by atoms with van der Waals surface area (Å²) in [6.07, 6.45) is 1.30. The summed E-state index contributed by atoms with van der Waals surface area (Å²) < 4.78 is 16.1. The number of benzene rings is 2. The number of rotatable bonds is 12. The first-order chi connectivity index (χ1) is 14.4. The number of ether oxygens (including phenoxy) is 3. The molecule has 0 aliphatic rings. The predicted octanol–water partition coefficient (Wildman–Crippen LogP) is 2.76. The minimum atomic E-state index is -0.977. The second kappa shape index (κ2) is 11.8. The molecule has 7 heteroatoms. The van der Waals surface area contributed by atoms with Crippen LogP contribution in [-0.4, -0.2) is 56.2 Å². The van der Waals surface area contributed by atoms with Gasteiger partial charge < -0.3 is 29.7 Å². The molecule has 1 atom stereocenters. The van der Waals surface area contributed by atoms with Crippen LogP contribution in [0.15, 0.2) is 48.5 Å². The highest BCUT2D eigenvalue weighted by molar-refractivity contribution is 5.89. The lowest BCUT2D eigenvalue weighted by Gasteiger charge is -2.14. The molecule has 0 radical (unpaired) electrons. The normalized spacial score (nSPS) is 12.3. The van der Waals surface area contributed by atoms with Gasteiger partial charge in [0.05, 0.1) is 14.2 Å². The van der Waals surface area contributed by atoms with Gasteiger partial charge in [-0.15, -0.1) is 0 Å². The van der Waals surface area contributed by atoms with Gasteiger partial charge in [0.2, 0.25) is 0 Å². The molecule has 3 N–H and O–H groups in total. The van der Waals surface area contributed by atoms with Crippen LogP contribution < -0.4 is 19.5 Å². The summed E-state index contributed by atoms with van der Waals surface area (Å²) in [5, 5.41) is 22.1. The number of hydrogen-bond donors (Lipinski definition) is 3. The average Bonchev–Trinajstić information content (AvgIpc) is 2.75. The number of aliphatic carboxylic acids is 1. The molecule has 0 spiro atoms. The van der Waals surface area contributed by atoms with Crippen molar-refractivity contribution in [3.8, 4) is 17.2 Å². The Labute approximate surface area is 176 Å². The minimum Gasteiger partial charge on any atom is -0.493 e. The molecule has 0 aliphatic carbocycles. The molecule has 0 aromatic heterocycles. The number of methoxy groups -OCH3 is 2. The lowest BCUT2D eigenvalue weighted by atomic mass is 10.1. The number of carboxylic acids is 1. The van der Waals surface area contributed by atoms with E-state index in [-0.39, 0.29) is 6.61 Å². The van der Waals surface area contributed by atoms with Crippen LogP contribution in [0.25, 0.3) is 5.57 Å². The van der Waals surface area contributed by atoms with Crippen LogP contribution in [0.1, 0.15) is 18.1 Å². The first kappa shape index (κ1) is 23.3. The van der Waals surface area contributed by atoms with Gasteiger partial charge >= 0.3 is 5.97 Å². The number of aliphatic hydroxyl groups is 1. The molecule has 0 amide bonds. The van der Waals surface area contributed by atoms with Gasteiger partial charge in [-0.1, -0.05) is 18.2 Å².